The van der Waals surface area contributed by atoms with Crippen molar-refractivity contribution in [2.24, 2.45) is 0 Å². The molecule has 2 nitrogen and oxygen atoms in total. The lowest BCUT2D eigenvalue weighted by Gasteiger charge is -2.08. The zero-order chi connectivity index (χ0) is 14.7. The fraction of sp³-hybridized carbons (Fsp3) is 0.294. The molecule has 1 saturated carbocycles. The first-order valence-corrected chi connectivity index (χ1v) is 7.47. The molecule has 1 aliphatic carbocycles. The normalized spacial score (nSPS) is 14.2. The first-order valence-electron chi connectivity index (χ1n) is 7.10. The monoisotopic (exact) mass is 305 g/mol. The molecule has 1 N–H and O–H groups in total. The average molecular weight is 306 g/mol. The summed E-state index contributed by atoms with van der Waals surface area (Å²) >= 11 is 5.72. The van der Waals surface area contributed by atoms with E-state index < -0.39 is 5.82 Å². The highest BCUT2D eigenvalue weighted by molar-refractivity contribution is 6.30. The summed E-state index contributed by atoms with van der Waals surface area (Å²) in [5.74, 6) is 0.136. The molecule has 0 aliphatic heterocycles. The van der Waals surface area contributed by atoms with Crippen molar-refractivity contribution >= 4 is 11.6 Å². The van der Waals surface area contributed by atoms with Gasteiger partial charge in [-0.3, -0.25) is 0 Å². The van der Waals surface area contributed by atoms with Crippen LogP contribution in [0.5, 0.6) is 5.75 Å². The molecule has 0 unspecified atom stereocenters. The van der Waals surface area contributed by atoms with Crippen LogP contribution in [0.4, 0.5) is 4.39 Å². The van der Waals surface area contributed by atoms with E-state index in [-0.39, 0.29) is 5.02 Å². The van der Waals surface area contributed by atoms with E-state index in [1.165, 1.54) is 30.5 Å². The third-order valence-electron chi connectivity index (χ3n) is 3.49. The third-order valence-corrected chi connectivity index (χ3v) is 3.78. The van der Waals surface area contributed by atoms with Gasteiger partial charge in [-0.05, 0) is 36.1 Å². The minimum Gasteiger partial charge on any atom is -0.489 e. The van der Waals surface area contributed by atoms with E-state index in [9.17, 15) is 4.39 Å². The Hall–Kier alpha value is -1.58. The molecule has 2 aromatic carbocycles. The Bertz CT molecular complexity index is 611. The molecular formula is C17H17ClFNO. The first kappa shape index (κ1) is 14.4. The van der Waals surface area contributed by atoms with Crippen LogP contribution in [0.25, 0.3) is 0 Å². The maximum Gasteiger partial charge on any atom is 0.142 e. The molecule has 3 rings (SSSR count). The summed E-state index contributed by atoms with van der Waals surface area (Å²) in [6, 6.07) is 13.4. The molecule has 0 spiro atoms. The minimum atomic E-state index is -0.434. The second kappa shape index (κ2) is 6.46. The van der Waals surface area contributed by atoms with Gasteiger partial charge in [0.1, 0.15) is 18.2 Å². The van der Waals surface area contributed by atoms with Crippen molar-refractivity contribution in [2.75, 3.05) is 0 Å². The third kappa shape index (κ3) is 4.19. The lowest BCUT2D eigenvalue weighted by Crippen LogP contribution is -2.15. The quantitative estimate of drug-likeness (QED) is 0.858. The van der Waals surface area contributed by atoms with Crippen LogP contribution in [0, 0.1) is 5.82 Å². The molecule has 4 heteroatoms. The van der Waals surface area contributed by atoms with E-state index in [0.29, 0.717) is 12.4 Å². The van der Waals surface area contributed by atoms with E-state index in [2.05, 4.69) is 29.6 Å². The highest BCUT2D eigenvalue weighted by Crippen LogP contribution is 2.22. The Morgan fingerprint density at radius 2 is 1.81 bits per heavy atom. The van der Waals surface area contributed by atoms with Gasteiger partial charge in [0.15, 0.2) is 0 Å². The molecule has 0 saturated heterocycles. The van der Waals surface area contributed by atoms with Gasteiger partial charge in [0.05, 0.1) is 5.02 Å². The highest BCUT2D eigenvalue weighted by atomic mass is 35.5. The maximum absolute atomic E-state index is 13.0. The number of nitrogens with one attached hydrogen (secondary N) is 1. The smallest absolute Gasteiger partial charge is 0.142 e. The van der Waals surface area contributed by atoms with Gasteiger partial charge in [0.25, 0.3) is 0 Å². The van der Waals surface area contributed by atoms with Crippen molar-refractivity contribution in [3.05, 3.63) is 64.4 Å². The molecule has 0 radical (unpaired) electrons. The summed E-state index contributed by atoms with van der Waals surface area (Å²) in [6.45, 7) is 1.36. The molecule has 2 aromatic rings. The summed E-state index contributed by atoms with van der Waals surface area (Å²) in [5, 5.41) is 3.56. The number of rotatable bonds is 6. The molecule has 21 heavy (non-hydrogen) atoms. The van der Waals surface area contributed by atoms with E-state index in [0.717, 1.165) is 18.2 Å². The summed E-state index contributed by atoms with van der Waals surface area (Å²) in [5.41, 5.74) is 2.35. The highest BCUT2D eigenvalue weighted by Gasteiger charge is 2.19. The molecule has 1 aliphatic rings. The summed E-state index contributed by atoms with van der Waals surface area (Å²) in [7, 11) is 0. The molecule has 110 valence electrons. The zero-order valence-electron chi connectivity index (χ0n) is 11.6. The number of halogens is 2. The fourth-order valence-corrected chi connectivity index (χ4v) is 2.21. The van der Waals surface area contributed by atoms with E-state index in [1.54, 1.807) is 6.07 Å². The summed E-state index contributed by atoms with van der Waals surface area (Å²) < 4.78 is 18.7. The van der Waals surface area contributed by atoms with Gasteiger partial charge in [0.2, 0.25) is 0 Å². The first-order chi connectivity index (χ1) is 10.2. The Morgan fingerprint density at radius 1 is 1.10 bits per heavy atom. The Kier molecular flexibility index (Phi) is 4.42. The second-order valence-electron chi connectivity index (χ2n) is 5.34. The van der Waals surface area contributed by atoms with Crippen LogP contribution in [0.3, 0.4) is 0 Å². The van der Waals surface area contributed by atoms with E-state index >= 15 is 0 Å². The molecular weight excluding hydrogens is 289 g/mol. The number of hydrogen-bond donors (Lipinski definition) is 1. The van der Waals surface area contributed by atoms with Gasteiger partial charge in [0, 0.05) is 18.7 Å². The number of hydrogen-bond acceptors (Lipinski definition) is 2. The van der Waals surface area contributed by atoms with Gasteiger partial charge in [-0.2, -0.15) is 0 Å². The van der Waals surface area contributed by atoms with Crippen molar-refractivity contribution in [1.82, 2.24) is 5.32 Å². The number of ether oxygens (including phenoxy) is 1. The van der Waals surface area contributed by atoms with E-state index in [4.69, 9.17) is 16.3 Å². The molecule has 0 aromatic heterocycles. The second-order valence-corrected chi connectivity index (χ2v) is 5.74. The fourth-order valence-electron chi connectivity index (χ4n) is 2.04. The van der Waals surface area contributed by atoms with Crippen LogP contribution in [-0.2, 0) is 13.2 Å². The van der Waals surface area contributed by atoms with E-state index in [1.807, 2.05) is 0 Å². The summed E-state index contributed by atoms with van der Waals surface area (Å²) in [6.07, 6.45) is 2.60. The van der Waals surface area contributed by atoms with Crippen LogP contribution in [0.1, 0.15) is 24.0 Å². The molecule has 1 fully saturated rings. The lowest BCUT2D eigenvalue weighted by atomic mass is 10.1. The Morgan fingerprint density at radius 3 is 2.48 bits per heavy atom. The Labute approximate surface area is 128 Å². The largest absolute Gasteiger partial charge is 0.489 e. The van der Waals surface area contributed by atoms with Crippen molar-refractivity contribution in [3.63, 3.8) is 0 Å². The zero-order valence-corrected chi connectivity index (χ0v) is 12.4. The van der Waals surface area contributed by atoms with Crippen LogP contribution in [0.2, 0.25) is 5.02 Å². The predicted molar refractivity (Wildman–Crippen MR) is 82.0 cm³/mol. The van der Waals surface area contributed by atoms with Gasteiger partial charge in [-0.25, -0.2) is 4.39 Å². The van der Waals surface area contributed by atoms with Gasteiger partial charge in [-0.15, -0.1) is 0 Å². The van der Waals surface area contributed by atoms with Crippen LogP contribution in [-0.4, -0.2) is 6.04 Å². The van der Waals surface area contributed by atoms with Gasteiger partial charge < -0.3 is 10.1 Å². The van der Waals surface area contributed by atoms with Crippen molar-refractivity contribution in [1.29, 1.82) is 0 Å². The molecule has 0 heterocycles. The molecule has 0 amide bonds. The summed E-state index contributed by atoms with van der Waals surface area (Å²) in [4.78, 5) is 0. The van der Waals surface area contributed by atoms with Crippen molar-refractivity contribution < 1.29 is 9.13 Å². The van der Waals surface area contributed by atoms with Gasteiger partial charge >= 0.3 is 0 Å². The molecule has 0 atom stereocenters. The van der Waals surface area contributed by atoms with Crippen molar-refractivity contribution in [2.45, 2.75) is 32.0 Å². The standard InChI is InChI=1S/C17H17ClFNO/c18-16-9-15(7-8-17(16)19)21-11-13-3-1-12(2-4-13)10-20-14-5-6-14/h1-4,7-9,14,20H,5-6,10-11H2. The van der Waals surface area contributed by atoms with Crippen LogP contribution < -0.4 is 10.1 Å². The predicted octanol–water partition coefficient (Wildman–Crippen LogP) is 4.31. The van der Waals surface area contributed by atoms with Gasteiger partial charge in [-0.1, -0.05) is 35.9 Å². The van der Waals surface area contributed by atoms with Crippen LogP contribution >= 0.6 is 11.6 Å². The topological polar surface area (TPSA) is 21.3 Å². The molecule has 0 bridgehead atoms. The number of benzene rings is 2. The lowest BCUT2D eigenvalue weighted by molar-refractivity contribution is 0.305. The SMILES string of the molecule is Fc1ccc(OCc2ccc(CNC3CC3)cc2)cc1Cl. The Balaban J connectivity index is 1.53. The maximum atomic E-state index is 13.0. The minimum absolute atomic E-state index is 0.0778. The van der Waals surface area contributed by atoms with Crippen LogP contribution in [0.15, 0.2) is 42.5 Å². The van der Waals surface area contributed by atoms with Crippen molar-refractivity contribution in [3.8, 4) is 5.75 Å². The average Bonchev–Trinajstić information content (AvgIpc) is 3.32.